The number of anilines is 2. The average molecular weight is 336 g/mol. The zero-order valence-corrected chi connectivity index (χ0v) is 13.6. The molecular formula is C15H18ClN5O2. The van der Waals surface area contributed by atoms with Crippen LogP contribution in [-0.2, 0) is 0 Å². The summed E-state index contributed by atoms with van der Waals surface area (Å²) in [6, 6.07) is 5.77. The number of halogens is 1. The lowest BCUT2D eigenvalue weighted by molar-refractivity contribution is 0.327. The molecule has 0 atom stereocenters. The number of aromatic nitrogens is 3. The van der Waals surface area contributed by atoms with E-state index >= 15 is 0 Å². The molecular weight excluding hydrogens is 318 g/mol. The first-order valence-electron chi connectivity index (χ1n) is 7.52. The van der Waals surface area contributed by atoms with E-state index in [9.17, 15) is 4.79 Å². The molecule has 8 heteroatoms. The van der Waals surface area contributed by atoms with E-state index in [2.05, 4.69) is 25.0 Å². The zero-order chi connectivity index (χ0) is 16.2. The first kappa shape index (κ1) is 15.6. The minimum absolute atomic E-state index is 0.185. The highest BCUT2D eigenvalue weighted by Crippen LogP contribution is 2.24. The van der Waals surface area contributed by atoms with Gasteiger partial charge in [-0.2, -0.15) is 10.1 Å². The van der Waals surface area contributed by atoms with Gasteiger partial charge in [0.25, 0.3) is 5.56 Å². The van der Waals surface area contributed by atoms with Crippen LogP contribution in [0.25, 0.3) is 0 Å². The molecule has 3 rings (SSSR count). The summed E-state index contributed by atoms with van der Waals surface area (Å²) >= 11 is 6.07. The number of ether oxygens (including phenoxy) is 1. The number of H-pyrrole nitrogens is 1. The fraction of sp³-hybridized carbons (Fsp3) is 0.400. The smallest absolute Gasteiger partial charge is 0.285 e. The van der Waals surface area contributed by atoms with Crippen molar-refractivity contribution in [2.45, 2.75) is 6.92 Å². The highest BCUT2D eigenvalue weighted by Gasteiger charge is 2.21. The maximum Gasteiger partial charge on any atom is 0.285 e. The minimum atomic E-state index is -0.363. The Bertz CT molecular complexity index is 728. The van der Waals surface area contributed by atoms with Gasteiger partial charge in [-0.3, -0.25) is 4.79 Å². The molecule has 1 fully saturated rings. The second kappa shape index (κ2) is 6.87. The Morgan fingerprint density at radius 2 is 2.00 bits per heavy atom. The van der Waals surface area contributed by atoms with Crippen LogP contribution >= 0.6 is 11.6 Å². The predicted molar refractivity (Wildman–Crippen MR) is 89.7 cm³/mol. The molecule has 0 amide bonds. The van der Waals surface area contributed by atoms with Crippen LogP contribution in [0, 0.1) is 0 Å². The van der Waals surface area contributed by atoms with Crippen molar-refractivity contribution in [2.75, 3.05) is 42.6 Å². The highest BCUT2D eigenvalue weighted by molar-refractivity contribution is 6.33. The Morgan fingerprint density at radius 3 is 2.74 bits per heavy atom. The second-order valence-corrected chi connectivity index (χ2v) is 5.52. The lowest BCUT2D eigenvalue weighted by Gasteiger charge is -2.36. The van der Waals surface area contributed by atoms with Gasteiger partial charge < -0.3 is 14.5 Å². The monoisotopic (exact) mass is 335 g/mol. The molecule has 3 heterocycles. The third-order valence-corrected chi connectivity index (χ3v) is 4.09. The van der Waals surface area contributed by atoms with Crippen LogP contribution in [0.15, 0.2) is 29.2 Å². The summed E-state index contributed by atoms with van der Waals surface area (Å²) in [5.41, 5.74) is 0.309. The Hall–Kier alpha value is -2.28. The lowest BCUT2D eigenvalue weighted by atomic mass is 10.2. The molecule has 0 spiro atoms. The summed E-state index contributed by atoms with van der Waals surface area (Å²) in [6.07, 6.45) is 1.59. The van der Waals surface area contributed by atoms with Crippen molar-refractivity contribution in [1.82, 2.24) is 15.2 Å². The third kappa shape index (κ3) is 3.39. The number of nitrogens with zero attached hydrogens (tertiary/aromatic N) is 4. The summed E-state index contributed by atoms with van der Waals surface area (Å²) < 4.78 is 5.44. The van der Waals surface area contributed by atoms with E-state index in [0.717, 1.165) is 32.0 Å². The van der Waals surface area contributed by atoms with Gasteiger partial charge in [0.05, 0.1) is 18.5 Å². The van der Waals surface area contributed by atoms with Gasteiger partial charge in [-0.05, 0) is 13.0 Å². The standard InChI is InChI=1S/C15H18ClN5O2/c1-2-23-13-5-3-4-12(18-13)21-8-6-20(7-9-21)11-10-17-19-15(22)14(11)16/h3-5,10H,2,6-9H2,1H3,(H,19,22). The number of hydrogen-bond donors (Lipinski definition) is 1. The van der Waals surface area contributed by atoms with Crippen LogP contribution in [0.5, 0.6) is 5.88 Å². The van der Waals surface area contributed by atoms with Crippen molar-refractivity contribution in [3.05, 3.63) is 39.8 Å². The van der Waals surface area contributed by atoms with E-state index in [1.165, 1.54) is 0 Å². The molecule has 0 bridgehead atoms. The Kier molecular flexibility index (Phi) is 4.66. The normalized spacial score (nSPS) is 14.9. The molecule has 7 nitrogen and oxygen atoms in total. The van der Waals surface area contributed by atoms with Crippen molar-refractivity contribution in [3.8, 4) is 5.88 Å². The van der Waals surface area contributed by atoms with Gasteiger partial charge in [0.15, 0.2) is 0 Å². The second-order valence-electron chi connectivity index (χ2n) is 5.14. The van der Waals surface area contributed by atoms with E-state index in [-0.39, 0.29) is 10.6 Å². The molecule has 1 aliphatic rings. The Morgan fingerprint density at radius 1 is 1.26 bits per heavy atom. The average Bonchev–Trinajstić information content (AvgIpc) is 2.58. The molecule has 2 aromatic rings. The molecule has 23 heavy (non-hydrogen) atoms. The number of aromatic amines is 1. The fourth-order valence-electron chi connectivity index (χ4n) is 2.58. The van der Waals surface area contributed by atoms with Crippen molar-refractivity contribution >= 4 is 23.1 Å². The zero-order valence-electron chi connectivity index (χ0n) is 12.8. The van der Waals surface area contributed by atoms with Crippen molar-refractivity contribution in [1.29, 1.82) is 0 Å². The van der Waals surface area contributed by atoms with Crippen LogP contribution in [0.3, 0.4) is 0 Å². The summed E-state index contributed by atoms with van der Waals surface area (Å²) in [4.78, 5) is 20.3. The van der Waals surface area contributed by atoms with Gasteiger partial charge >= 0.3 is 0 Å². The van der Waals surface area contributed by atoms with Crippen molar-refractivity contribution in [2.24, 2.45) is 0 Å². The van der Waals surface area contributed by atoms with Crippen LogP contribution in [-0.4, -0.2) is 48.0 Å². The number of hydrogen-bond acceptors (Lipinski definition) is 6. The van der Waals surface area contributed by atoms with Crippen LogP contribution in [0.2, 0.25) is 5.02 Å². The number of nitrogens with one attached hydrogen (secondary N) is 1. The first-order valence-corrected chi connectivity index (χ1v) is 7.89. The van der Waals surface area contributed by atoms with E-state index in [1.807, 2.05) is 25.1 Å². The summed E-state index contributed by atoms with van der Waals surface area (Å²) in [6.45, 7) is 5.58. The van der Waals surface area contributed by atoms with Crippen LogP contribution in [0.1, 0.15) is 6.92 Å². The van der Waals surface area contributed by atoms with E-state index in [4.69, 9.17) is 16.3 Å². The molecule has 0 unspecified atom stereocenters. The summed E-state index contributed by atoms with van der Waals surface area (Å²) in [5, 5.41) is 6.34. The van der Waals surface area contributed by atoms with Gasteiger partial charge in [0.2, 0.25) is 5.88 Å². The van der Waals surface area contributed by atoms with Gasteiger partial charge in [0, 0.05) is 32.2 Å². The Labute approximate surface area is 138 Å². The van der Waals surface area contributed by atoms with Crippen molar-refractivity contribution < 1.29 is 4.74 Å². The molecule has 1 saturated heterocycles. The molecule has 0 radical (unpaired) electrons. The molecule has 0 saturated carbocycles. The summed E-state index contributed by atoms with van der Waals surface area (Å²) in [5.74, 6) is 1.53. The molecule has 0 aliphatic carbocycles. The lowest BCUT2D eigenvalue weighted by Crippen LogP contribution is -2.47. The quantitative estimate of drug-likeness (QED) is 0.913. The molecule has 1 aliphatic heterocycles. The highest BCUT2D eigenvalue weighted by atomic mass is 35.5. The fourth-order valence-corrected chi connectivity index (χ4v) is 2.79. The largest absolute Gasteiger partial charge is 0.478 e. The third-order valence-electron chi connectivity index (χ3n) is 3.72. The first-order chi connectivity index (χ1) is 11.2. The van der Waals surface area contributed by atoms with Gasteiger partial charge in [-0.15, -0.1) is 0 Å². The van der Waals surface area contributed by atoms with Crippen LogP contribution in [0.4, 0.5) is 11.5 Å². The van der Waals surface area contributed by atoms with E-state index in [1.54, 1.807) is 6.20 Å². The number of piperazine rings is 1. The topological polar surface area (TPSA) is 74.3 Å². The van der Waals surface area contributed by atoms with Gasteiger partial charge in [0.1, 0.15) is 10.8 Å². The molecule has 2 aromatic heterocycles. The minimum Gasteiger partial charge on any atom is -0.478 e. The van der Waals surface area contributed by atoms with Crippen molar-refractivity contribution in [3.63, 3.8) is 0 Å². The molecule has 122 valence electrons. The van der Waals surface area contributed by atoms with E-state index < -0.39 is 0 Å². The number of pyridine rings is 1. The maximum absolute atomic E-state index is 11.6. The molecule has 1 N–H and O–H groups in total. The van der Waals surface area contributed by atoms with Gasteiger partial charge in [-0.1, -0.05) is 17.7 Å². The predicted octanol–water partition coefficient (Wildman–Crippen LogP) is 1.54. The van der Waals surface area contributed by atoms with Crippen LogP contribution < -0.4 is 20.1 Å². The van der Waals surface area contributed by atoms with Gasteiger partial charge in [-0.25, -0.2) is 5.10 Å². The summed E-state index contributed by atoms with van der Waals surface area (Å²) in [7, 11) is 0. The number of rotatable bonds is 4. The SMILES string of the molecule is CCOc1cccc(N2CCN(c3cn[nH]c(=O)c3Cl)CC2)n1. The van der Waals surface area contributed by atoms with E-state index in [0.29, 0.717) is 18.2 Å². The Balaban J connectivity index is 1.70. The molecule has 0 aromatic carbocycles. The maximum atomic E-state index is 11.6.